The lowest BCUT2D eigenvalue weighted by atomic mass is 10.3. The third-order valence-corrected chi connectivity index (χ3v) is 5.27. The first kappa shape index (κ1) is 17.4. The van der Waals surface area contributed by atoms with Crippen molar-refractivity contribution in [1.29, 1.82) is 0 Å². The molecular formula is C19H19N5O2S. The third kappa shape index (κ3) is 3.48. The second-order valence-corrected chi connectivity index (χ2v) is 7.40. The standard InChI is InChI=1S/C19H19N5O2S/c1-12-11-27-18(20-12)10-23(3)19(25)16-8-14(26-22-16)9-24-13(2)21-15-6-4-5-7-17(15)24/h4-8,11H,9-10H2,1-3H3. The molecule has 1 aromatic carbocycles. The van der Waals surface area contributed by atoms with Gasteiger partial charge in [0, 0.05) is 24.2 Å². The summed E-state index contributed by atoms with van der Waals surface area (Å²) in [6.45, 7) is 4.81. The zero-order valence-corrected chi connectivity index (χ0v) is 16.2. The van der Waals surface area contributed by atoms with Gasteiger partial charge in [-0.15, -0.1) is 11.3 Å². The summed E-state index contributed by atoms with van der Waals surface area (Å²) in [6.07, 6.45) is 0. The van der Waals surface area contributed by atoms with E-state index in [0.29, 0.717) is 24.5 Å². The molecule has 0 atom stereocenters. The van der Waals surface area contributed by atoms with E-state index in [2.05, 4.69) is 15.1 Å². The number of rotatable bonds is 5. The first-order valence-electron chi connectivity index (χ1n) is 8.55. The highest BCUT2D eigenvalue weighted by molar-refractivity contribution is 7.09. The number of nitrogens with zero attached hydrogens (tertiary/aromatic N) is 5. The summed E-state index contributed by atoms with van der Waals surface area (Å²) in [4.78, 5) is 23.1. The second kappa shape index (κ2) is 6.96. The molecule has 0 aliphatic rings. The highest BCUT2D eigenvalue weighted by Gasteiger charge is 2.19. The number of aromatic nitrogens is 4. The summed E-state index contributed by atoms with van der Waals surface area (Å²) in [6, 6.07) is 9.62. The van der Waals surface area contributed by atoms with Crippen molar-refractivity contribution in [1.82, 2.24) is 24.6 Å². The van der Waals surface area contributed by atoms with E-state index in [1.807, 2.05) is 48.1 Å². The fourth-order valence-electron chi connectivity index (χ4n) is 2.99. The molecule has 4 aromatic rings. The van der Waals surface area contributed by atoms with Gasteiger partial charge < -0.3 is 14.0 Å². The molecule has 0 aliphatic carbocycles. The Bertz CT molecular complexity index is 1110. The molecule has 138 valence electrons. The van der Waals surface area contributed by atoms with Gasteiger partial charge >= 0.3 is 0 Å². The quantitative estimate of drug-likeness (QED) is 0.529. The van der Waals surface area contributed by atoms with Crippen LogP contribution in [0.1, 0.15) is 32.8 Å². The molecule has 0 saturated heterocycles. The second-order valence-electron chi connectivity index (χ2n) is 6.46. The van der Waals surface area contributed by atoms with Crippen molar-refractivity contribution >= 4 is 28.3 Å². The lowest BCUT2D eigenvalue weighted by molar-refractivity contribution is 0.0774. The molecule has 0 spiro atoms. The number of thiazole rings is 1. The van der Waals surface area contributed by atoms with Crippen molar-refractivity contribution in [2.45, 2.75) is 26.9 Å². The van der Waals surface area contributed by atoms with Crippen LogP contribution in [0.4, 0.5) is 0 Å². The number of carbonyl (C=O) groups excluding carboxylic acids is 1. The van der Waals surface area contributed by atoms with Gasteiger partial charge in [0.25, 0.3) is 5.91 Å². The minimum Gasteiger partial charge on any atom is -0.359 e. The van der Waals surface area contributed by atoms with Gasteiger partial charge in [-0.3, -0.25) is 4.79 Å². The summed E-state index contributed by atoms with van der Waals surface area (Å²) in [5, 5.41) is 6.83. The summed E-state index contributed by atoms with van der Waals surface area (Å²) in [5.74, 6) is 1.31. The van der Waals surface area contributed by atoms with Gasteiger partial charge in [-0.25, -0.2) is 9.97 Å². The molecule has 0 radical (unpaired) electrons. The topological polar surface area (TPSA) is 77.0 Å². The van der Waals surface area contributed by atoms with Crippen LogP contribution in [0.25, 0.3) is 11.0 Å². The van der Waals surface area contributed by atoms with Crippen LogP contribution in [0.2, 0.25) is 0 Å². The lowest BCUT2D eigenvalue weighted by Crippen LogP contribution is -2.26. The van der Waals surface area contributed by atoms with E-state index in [0.717, 1.165) is 27.6 Å². The molecule has 7 nitrogen and oxygen atoms in total. The molecule has 0 N–H and O–H groups in total. The summed E-state index contributed by atoms with van der Waals surface area (Å²) < 4.78 is 7.46. The van der Waals surface area contributed by atoms with Crippen LogP contribution >= 0.6 is 11.3 Å². The largest absolute Gasteiger partial charge is 0.359 e. The molecule has 0 fully saturated rings. The van der Waals surface area contributed by atoms with E-state index in [4.69, 9.17) is 4.52 Å². The molecule has 0 saturated carbocycles. The predicted molar refractivity (Wildman–Crippen MR) is 103 cm³/mol. The van der Waals surface area contributed by atoms with Gasteiger partial charge in [0.05, 0.1) is 24.1 Å². The Labute approximate surface area is 160 Å². The first-order chi connectivity index (χ1) is 13.0. The van der Waals surface area contributed by atoms with Gasteiger partial charge in [-0.2, -0.15) is 0 Å². The Hall–Kier alpha value is -3.00. The highest BCUT2D eigenvalue weighted by Crippen LogP contribution is 2.18. The molecule has 8 heteroatoms. The fourth-order valence-corrected chi connectivity index (χ4v) is 3.81. The fraction of sp³-hybridized carbons (Fsp3) is 0.263. The molecule has 0 unspecified atom stereocenters. The number of aryl methyl sites for hydroxylation is 2. The summed E-state index contributed by atoms with van der Waals surface area (Å²) >= 11 is 1.54. The SMILES string of the molecule is Cc1csc(CN(C)C(=O)c2cc(Cn3c(C)nc4ccccc43)on2)n1. The number of amides is 1. The lowest BCUT2D eigenvalue weighted by Gasteiger charge is -2.13. The minimum absolute atomic E-state index is 0.190. The zero-order valence-electron chi connectivity index (χ0n) is 15.3. The number of benzene rings is 1. The molecular weight excluding hydrogens is 362 g/mol. The van der Waals surface area contributed by atoms with E-state index in [-0.39, 0.29) is 5.91 Å². The number of hydrogen-bond donors (Lipinski definition) is 0. The molecule has 3 heterocycles. The van der Waals surface area contributed by atoms with E-state index < -0.39 is 0 Å². The van der Waals surface area contributed by atoms with Crippen molar-refractivity contribution in [2.24, 2.45) is 0 Å². The van der Waals surface area contributed by atoms with Crippen molar-refractivity contribution in [3.8, 4) is 0 Å². The number of imidazole rings is 1. The Morgan fingerprint density at radius 3 is 2.85 bits per heavy atom. The Balaban J connectivity index is 1.51. The third-order valence-electron chi connectivity index (χ3n) is 4.32. The van der Waals surface area contributed by atoms with Crippen molar-refractivity contribution in [3.05, 3.63) is 63.7 Å². The number of fused-ring (bicyclic) bond motifs is 1. The van der Waals surface area contributed by atoms with Gasteiger partial charge in [-0.05, 0) is 26.0 Å². The smallest absolute Gasteiger partial charge is 0.276 e. The van der Waals surface area contributed by atoms with Gasteiger partial charge in [0.15, 0.2) is 11.5 Å². The maximum atomic E-state index is 12.6. The van der Waals surface area contributed by atoms with Crippen LogP contribution in [-0.4, -0.2) is 37.5 Å². The van der Waals surface area contributed by atoms with E-state index in [1.165, 1.54) is 0 Å². The van der Waals surface area contributed by atoms with Crippen LogP contribution < -0.4 is 0 Å². The number of para-hydroxylation sites is 2. The normalized spacial score (nSPS) is 11.2. The predicted octanol–water partition coefficient (Wildman–Crippen LogP) is 3.42. The van der Waals surface area contributed by atoms with Gasteiger partial charge in [0.1, 0.15) is 10.8 Å². The molecule has 3 aromatic heterocycles. The zero-order chi connectivity index (χ0) is 19.0. The van der Waals surface area contributed by atoms with Crippen molar-refractivity contribution < 1.29 is 9.32 Å². The number of carbonyl (C=O) groups is 1. The van der Waals surface area contributed by atoms with Crippen LogP contribution in [0.15, 0.2) is 40.2 Å². The van der Waals surface area contributed by atoms with Crippen LogP contribution in [0.5, 0.6) is 0 Å². The average molecular weight is 381 g/mol. The maximum absolute atomic E-state index is 12.6. The van der Waals surface area contributed by atoms with Crippen LogP contribution in [0.3, 0.4) is 0 Å². The maximum Gasteiger partial charge on any atom is 0.276 e. The number of hydrogen-bond acceptors (Lipinski definition) is 6. The Morgan fingerprint density at radius 2 is 2.07 bits per heavy atom. The molecule has 4 rings (SSSR count). The van der Waals surface area contributed by atoms with E-state index >= 15 is 0 Å². The highest BCUT2D eigenvalue weighted by atomic mass is 32.1. The van der Waals surface area contributed by atoms with Gasteiger partial charge in [0.2, 0.25) is 0 Å². The molecule has 0 bridgehead atoms. The Kier molecular flexibility index (Phi) is 4.49. The minimum atomic E-state index is -0.190. The van der Waals surface area contributed by atoms with Gasteiger partial charge in [-0.1, -0.05) is 17.3 Å². The van der Waals surface area contributed by atoms with Crippen molar-refractivity contribution in [3.63, 3.8) is 0 Å². The van der Waals surface area contributed by atoms with Crippen molar-refractivity contribution in [2.75, 3.05) is 7.05 Å². The Morgan fingerprint density at radius 1 is 1.26 bits per heavy atom. The summed E-state index contributed by atoms with van der Waals surface area (Å²) in [7, 11) is 1.74. The monoisotopic (exact) mass is 381 g/mol. The molecule has 0 aliphatic heterocycles. The van der Waals surface area contributed by atoms with Crippen LogP contribution in [-0.2, 0) is 13.1 Å². The van der Waals surface area contributed by atoms with E-state index in [9.17, 15) is 4.79 Å². The van der Waals surface area contributed by atoms with Crippen LogP contribution in [0, 0.1) is 13.8 Å². The summed E-state index contributed by atoms with van der Waals surface area (Å²) in [5.41, 5.74) is 3.21. The molecule has 27 heavy (non-hydrogen) atoms. The average Bonchev–Trinajstić information content (AvgIpc) is 3.35. The first-order valence-corrected chi connectivity index (χ1v) is 9.43. The van der Waals surface area contributed by atoms with E-state index in [1.54, 1.807) is 29.4 Å². The molecule has 1 amide bonds.